The standard InChI is InChI=1S/C19H27N9S/c1-3-15-22-19(29-25-15)27-13-11-26(12-14-27)18(20-4-2)21-9-8-17-24-23-16-7-5-6-10-28(16)17/h5-7,10H,3-4,8-9,11-14H2,1-2H3,(H,20,21). The van der Waals surface area contributed by atoms with Gasteiger partial charge in [0, 0.05) is 69.8 Å². The molecule has 9 nitrogen and oxygen atoms in total. The molecule has 1 aliphatic heterocycles. The molecule has 0 aliphatic carbocycles. The van der Waals surface area contributed by atoms with Gasteiger partial charge in [0.15, 0.2) is 11.6 Å². The number of guanidine groups is 1. The molecule has 0 atom stereocenters. The number of pyridine rings is 1. The van der Waals surface area contributed by atoms with Crippen LogP contribution in [0.3, 0.4) is 0 Å². The Morgan fingerprint density at radius 2 is 2.03 bits per heavy atom. The summed E-state index contributed by atoms with van der Waals surface area (Å²) in [6.07, 6.45) is 3.63. The first kappa shape index (κ1) is 19.6. The van der Waals surface area contributed by atoms with Crippen molar-refractivity contribution in [3.8, 4) is 0 Å². The molecule has 3 aromatic rings. The van der Waals surface area contributed by atoms with E-state index in [1.165, 1.54) is 11.5 Å². The van der Waals surface area contributed by atoms with E-state index in [1.807, 2.05) is 28.8 Å². The zero-order chi connectivity index (χ0) is 20.1. The van der Waals surface area contributed by atoms with Crippen molar-refractivity contribution in [2.45, 2.75) is 26.7 Å². The molecule has 0 spiro atoms. The summed E-state index contributed by atoms with van der Waals surface area (Å²) in [5.74, 6) is 2.84. The number of rotatable bonds is 6. The number of hydrogen-bond acceptors (Lipinski definition) is 7. The van der Waals surface area contributed by atoms with Gasteiger partial charge >= 0.3 is 0 Å². The van der Waals surface area contributed by atoms with Crippen LogP contribution in [-0.2, 0) is 12.8 Å². The first-order chi connectivity index (χ1) is 14.3. The predicted octanol–water partition coefficient (Wildman–Crippen LogP) is 1.47. The van der Waals surface area contributed by atoms with Gasteiger partial charge in [-0.05, 0) is 19.1 Å². The smallest absolute Gasteiger partial charge is 0.205 e. The van der Waals surface area contributed by atoms with Crippen LogP contribution in [0.2, 0.25) is 0 Å². The SMILES string of the molecule is CCNC(=NCCc1nnc2ccccn12)N1CCN(c2nc(CC)ns2)CC1. The number of aromatic nitrogens is 5. The van der Waals surface area contributed by atoms with Crippen LogP contribution in [-0.4, -0.2) is 74.1 Å². The van der Waals surface area contributed by atoms with Gasteiger partial charge in [-0.1, -0.05) is 13.0 Å². The van der Waals surface area contributed by atoms with Crippen molar-refractivity contribution < 1.29 is 0 Å². The zero-order valence-electron chi connectivity index (χ0n) is 17.0. The Morgan fingerprint density at radius 3 is 2.79 bits per heavy atom. The maximum absolute atomic E-state index is 4.84. The number of nitrogens with zero attached hydrogens (tertiary/aromatic N) is 8. The van der Waals surface area contributed by atoms with Crippen molar-refractivity contribution >= 4 is 28.3 Å². The van der Waals surface area contributed by atoms with Crippen LogP contribution in [0.25, 0.3) is 5.65 Å². The van der Waals surface area contributed by atoms with Crippen LogP contribution in [0.15, 0.2) is 29.4 Å². The fourth-order valence-electron chi connectivity index (χ4n) is 3.38. The molecule has 1 N–H and O–H groups in total. The Bertz CT molecular complexity index is 955. The minimum atomic E-state index is 0.675. The number of anilines is 1. The van der Waals surface area contributed by atoms with E-state index >= 15 is 0 Å². The van der Waals surface area contributed by atoms with Crippen molar-refractivity contribution in [3.63, 3.8) is 0 Å². The van der Waals surface area contributed by atoms with Gasteiger partial charge < -0.3 is 15.1 Å². The van der Waals surface area contributed by atoms with E-state index in [0.29, 0.717) is 6.54 Å². The highest BCUT2D eigenvalue weighted by Gasteiger charge is 2.22. The van der Waals surface area contributed by atoms with E-state index in [1.54, 1.807) is 0 Å². The normalized spacial score (nSPS) is 15.3. The summed E-state index contributed by atoms with van der Waals surface area (Å²) < 4.78 is 6.43. The minimum absolute atomic E-state index is 0.675. The number of aliphatic imine (C=N–C) groups is 1. The molecule has 154 valence electrons. The molecular weight excluding hydrogens is 386 g/mol. The molecule has 10 heteroatoms. The Labute approximate surface area is 174 Å². The maximum Gasteiger partial charge on any atom is 0.205 e. The second-order valence-electron chi connectivity index (χ2n) is 6.85. The molecule has 29 heavy (non-hydrogen) atoms. The van der Waals surface area contributed by atoms with Crippen LogP contribution in [0.4, 0.5) is 5.13 Å². The summed E-state index contributed by atoms with van der Waals surface area (Å²) in [6.45, 7) is 9.41. The fourth-order valence-corrected chi connectivity index (χ4v) is 4.18. The van der Waals surface area contributed by atoms with Crippen molar-refractivity contribution in [3.05, 3.63) is 36.0 Å². The lowest BCUT2D eigenvalue weighted by atomic mass is 10.3. The molecular formula is C19H27N9S. The van der Waals surface area contributed by atoms with Crippen LogP contribution in [0, 0.1) is 0 Å². The molecule has 3 aromatic heterocycles. The molecule has 0 bridgehead atoms. The highest BCUT2D eigenvalue weighted by atomic mass is 32.1. The molecule has 1 saturated heterocycles. The van der Waals surface area contributed by atoms with Crippen molar-refractivity contribution in [1.82, 2.24) is 34.2 Å². The lowest BCUT2D eigenvalue weighted by Crippen LogP contribution is -2.52. The molecule has 1 fully saturated rings. The number of piperazine rings is 1. The van der Waals surface area contributed by atoms with Crippen LogP contribution in [0.1, 0.15) is 25.5 Å². The van der Waals surface area contributed by atoms with Gasteiger partial charge in [-0.3, -0.25) is 9.39 Å². The average Bonchev–Trinajstić information content (AvgIpc) is 3.41. The van der Waals surface area contributed by atoms with E-state index < -0.39 is 0 Å². The molecule has 4 heterocycles. The number of hydrogen-bond donors (Lipinski definition) is 1. The van der Waals surface area contributed by atoms with Gasteiger partial charge in [0.05, 0.1) is 0 Å². The average molecular weight is 414 g/mol. The molecule has 0 unspecified atom stereocenters. The van der Waals surface area contributed by atoms with Gasteiger partial charge in [0.25, 0.3) is 0 Å². The monoisotopic (exact) mass is 413 g/mol. The van der Waals surface area contributed by atoms with Gasteiger partial charge in [-0.25, -0.2) is 4.98 Å². The van der Waals surface area contributed by atoms with Crippen LogP contribution < -0.4 is 10.2 Å². The third kappa shape index (κ3) is 4.47. The number of nitrogens with one attached hydrogen (secondary N) is 1. The topological polar surface area (TPSA) is 86.8 Å². The lowest BCUT2D eigenvalue weighted by molar-refractivity contribution is 0.372. The summed E-state index contributed by atoms with van der Waals surface area (Å²) in [5, 5.41) is 13.0. The third-order valence-electron chi connectivity index (χ3n) is 4.94. The molecule has 0 amide bonds. The summed E-state index contributed by atoms with van der Waals surface area (Å²) in [7, 11) is 0. The highest BCUT2D eigenvalue weighted by molar-refractivity contribution is 7.09. The van der Waals surface area contributed by atoms with Crippen molar-refractivity contribution in [2.75, 3.05) is 44.2 Å². The van der Waals surface area contributed by atoms with E-state index in [9.17, 15) is 0 Å². The summed E-state index contributed by atoms with van der Waals surface area (Å²) in [6, 6.07) is 5.93. The first-order valence-corrected chi connectivity index (χ1v) is 10.9. The molecule has 0 aromatic carbocycles. The number of aryl methyl sites for hydroxylation is 1. The second kappa shape index (κ2) is 9.17. The Kier molecular flexibility index (Phi) is 6.18. The third-order valence-corrected chi connectivity index (χ3v) is 5.75. The van der Waals surface area contributed by atoms with E-state index in [-0.39, 0.29) is 0 Å². The van der Waals surface area contributed by atoms with Gasteiger partial charge in [0.2, 0.25) is 5.13 Å². The van der Waals surface area contributed by atoms with E-state index in [0.717, 1.165) is 74.0 Å². The van der Waals surface area contributed by atoms with Gasteiger partial charge in [-0.2, -0.15) is 4.37 Å². The molecule has 1 aliphatic rings. The molecule has 4 rings (SSSR count). The van der Waals surface area contributed by atoms with Crippen molar-refractivity contribution in [2.24, 2.45) is 4.99 Å². The minimum Gasteiger partial charge on any atom is -0.357 e. The lowest BCUT2D eigenvalue weighted by Gasteiger charge is -2.36. The quantitative estimate of drug-likeness (QED) is 0.484. The largest absolute Gasteiger partial charge is 0.357 e. The molecule has 0 radical (unpaired) electrons. The highest BCUT2D eigenvalue weighted by Crippen LogP contribution is 2.19. The molecule has 0 saturated carbocycles. The predicted molar refractivity (Wildman–Crippen MR) is 116 cm³/mol. The summed E-state index contributed by atoms with van der Waals surface area (Å²) in [5.41, 5.74) is 0.873. The number of fused-ring (bicyclic) bond motifs is 1. The van der Waals surface area contributed by atoms with Crippen LogP contribution in [0.5, 0.6) is 0 Å². The fraction of sp³-hybridized carbons (Fsp3) is 0.526. The maximum atomic E-state index is 4.84. The summed E-state index contributed by atoms with van der Waals surface area (Å²) in [4.78, 5) is 14.1. The van der Waals surface area contributed by atoms with Gasteiger partial charge in [0.1, 0.15) is 11.6 Å². The van der Waals surface area contributed by atoms with E-state index in [2.05, 4.69) is 48.5 Å². The van der Waals surface area contributed by atoms with Crippen LogP contribution >= 0.6 is 11.5 Å². The van der Waals surface area contributed by atoms with E-state index in [4.69, 9.17) is 4.99 Å². The Morgan fingerprint density at radius 1 is 1.17 bits per heavy atom. The second-order valence-corrected chi connectivity index (χ2v) is 7.58. The van der Waals surface area contributed by atoms with Gasteiger partial charge in [-0.15, -0.1) is 10.2 Å². The van der Waals surface area contributed by atoms with Crippen molar-refractivity contribution in [1.29, 1.82) is 0 Å². The first-order valence-electron chi connectivity index (χ1n) is 10.2. The Balaban J connectivity index is 1.36. The summed E-state index contributed by atoms with van der Waals surface area (Å²) >= 11 is 1.50. The Hall–Kier alpha value is -2.75. The zero-order valence-corrected chi connectivity index (χ0v) is 17.8.